The monoisotopic (exact) mass is 442 g/mol. The van der Waals surface area contributed by atoms with Gasteiger partial charge in [0.1, 0.15) is 11.6 Å². The molecule has 1 amide bonds. The van der Waals surface area contributed by atoms with Gasteiger partial charge < -0.3 is 19.5 Å². The van der Waals surface area contributed by atoms with E-state index in [4.69, 9.17) is 14.2 Å². The maximum absolute atomic E-state index is 12.4. The lowest BCUT2D eigenvalue weighted by Crippen LogP contribution is -2.13. The average molecular weight is 443 g/mol. The van der Waals surface area contributed by atoms with E-state index in [0.29, 0.717) is 32.8 Å². The molecule has 3 rings (SSSR count). The van der Waals surface area contributed by atoms with E-state index < -0.39 is 11.9 Å². The number of benzene rings is 2. The Morgan fingerprint density at radius 2 is 1.93 bits per heavy atom. The fourth-order valence-corrected chi connectivity index (χ4v) is 2.89. The van der Waals surface area contributed by atoms with Crippen molar-refractivity contribution in [2.45, 2.75) is 6.92 Å². The number of nitrogens with one attached hydrogen (secondary N) is 1. The van der Waals surface area contributed by atoms with Crippen LogP contribution in [0.2, 0.25) is 0 Å². The van der Waals surface area contributed by atoms with Gasteiger partial charge in [0.05, 0.1) is 12.2 Å². The number of ether oxygens (including phenoxy) is 3. The van der Waals surface area contributed by atoms with Crippen LogP contribution in [0, 0.1) is 11.3 Å². The Morgan fingerprint density at radius 1 is 1.25 bits per heavy atom. The van der Waals surface area contributed by atoms with Crippen LogP contribution in [0.3, 0.4) is 0 Å². The van der Waals surface area contributed by atoms with Crippen LogP contribution in [-0.2, 0) is 9.53 Å². The lowest BCUT2D eigenvalue weighted by molar-refractivity contribution is -0.112. The second kappa shape index (κ2) is 8.59. The molecule has 0 fully saturated rings. The van der Waals surface area contributed by atoms with Crippen molar-refractivity contribution in [2.24, 2.45) is 0 Å². The third-order valence-corrected chi connectivity index (χ3v) is 4.50. The average Bonchev–Trinajstić information content (AvgIpc) is 3.13. The first-order valence-electron chi connectivity index (χ1n) is 8.31. The number of amides is 1. The first-order chi connectivity index (χ1) is 13.5. The summed E-state index contributed by atoms with van der Waals surface area (Å²) in [7, 11) is 0. The molecule has 1 heterocycles. The SMILES string of the molecule is CCOC(=O)c1ccc(NC(=O)/C(C#N)=C/c2cc3c(cc2Br)OCO3)cc1. The van der Waals surface area contributed by atoms with E-state index in [9.17, 15) is 14.9 Å². The minimum Gasteiger partial charge on any atom is -0.462 e. The molecule has 1 N–H and O–H groups in total. The Balaban J connectivity index is 1.76. The topological polar surface area (TPSA) is 97.7 Å². The maximum Gasteiger partial charge on any atom is 0.338 e. The van der Waals surface area contributed by atoms with E-state index in [1.807, 2.05) is 6.07 Å². The molecule has 0 saturated heterocycles. The van der Waals surface area contributed by atoms with Crippen molar-refractivity contribution < 1.29 is 23.8 Å². The van der Waals surface area contributed by atoms with E-state index in [-0.39, 0.29) is 19.0 Å². The van der Waals surface area contributed by atoms with Crippen molar-refractivity contribution in [3.63, 3.8) is 0 Å². The highest BCUT2D eigenvalue weighted by Crippen LogP contribution is 2.37. The molecule has 0 aliphatic carbocycles. The van der Waals surface area contributed by atoms with Crippen LogP contribution in [0.5, 0.6) is 11.5 Å². The number of halogens is 1. The van der Waals surface area contributed by atoms with Gasteiger partial charge in [0.15, 0.2) is 11.5 Å². The summed E-state index contributed by atoms with van der Waals surface area (Å²) < 4.78 is 16.2. The van der Waals surface area contributed by atoms with Gasteiger partial charge in [-0.1, -0.05) is 15.9 Å². The third-order valence-electron chi connectivity index (χ3n) is 3.81. The predicted molar refractivity (Wildman–Crippen MR) is 105 cm³/mol. The summed E-state index contributed by atoms with van der Waals surface area (Å²) in [6.07, 6.45) is 1.45. The zero-order valence-corrected chi connectivity index (χ0v) is 16.4. The Hall–Kier alpha value is -3.31. The largest absolute Gasteiger partial charge is 0.462 e. The number of anilines is 1. The summed E-state index contributed by atoms with van der Waals surface area (Å²) in [5.41, 5.74) is 1.34. The van der Waals surface area contributed by atoms with E-state index in [1.54, 1.807) is 31.2 Å². The number of nitrogens with zero attached hydrogens (tertiary/aromatic N) is 1. The fraction of sp³-hybridized carbons (Fsp3) is 0.150. The standard InChI is InChI=1S/C20H15BrN2O5/c1-2-26-20(25)12-3-5-15(6-4-12)23-19(24)14(10-22)7-13-8-17-18(9-16(13)21)28-11-27-17/h3-9H,2,11H2,1H3,(H,23,24)/b14-7+. The Morgan fingerprint density at radius 3 is 2.57 bits per heavy atom. The van der Waals surface area contributed by atoms with Gasteiger partial charge in [-0.3, -0.25) is 4.79 Å². The number of esters is 1. The second-order valence-corrected chi connectivity index (χ2v) is 6.50. The summed E-state index contributed by atoms with van der Waals surface area (Å²) in [6.45, 7) is 2.13. The van der Waals surface area contributed by atoms with E-state index >= 15 is 0 Å². The van der Waals surface area contributed by atoms with Crippen molar-refractivity contribution in [2.75, 3.05) is 18.7 Å². The van der Waals surface area contributed by atoms with Gasteiger partial charge in [0.2, 0.25) is 6.79 Å². The molecule has 0 aromatic heterocycles. The zero-order chi connectivity index (χ0) is 20.1. The number of carbonyl (C=O) groups is 2. The summed E-state index contributed by atoms with van der Waals surface area (Å²) >= 11 is 3.39. The fourth-order valence-electron chi connectivity index (χ4n) is 2.45. The van der Waals surface area contributed by atoms with Crippen molar-refractivity contribution in [3.05, 3.63) is 57.6 Å². The molecule has 2 aromatic carbocycles. The van der Waals surface area contributed by atoms with Gasteiger partial charge in [-0.05, 0) is 55.0 Å². The lowest BCUT2D eigenvalue weighted by atomic mass is 10.1. The summed E-state index contributed by atoms with van der Waals surface area (Å²) in [6, 6.07) is 11.5. The zero-order valence-electron chi connectivity index (χ0n) is 14.8. The van der Waals surface area contributed by atoms with Crippen LogP contribution in [0.4, 0.5) is 5.69 Å². The Bertz CT molecular complexity index is 993. The van der Waals surface area contributed by atoms with Crippen LogP contribution in [0.1, 0.15) is 22.8 Å². The van der Waals surface area contributed by atoms with Crippen molar-refractivity contribution in [1.29, 1.82) is 5.26 Å². The van der Waals surface area contributed by atoms with Gasteiger partial charge in [0.25, 0.3) is 5.91 Å². The molecule has 0 spiro atoms. The third kappa shape index (κ3) is 4.32. The first-order valence-corrected chi connectivity index (χ1v) is 9.10. The molecule has 7 nitrogen and oxygen atoms in total. The Labute approximate surface area is 169 Å². The number of hydrogen-bond donors (Lipinski definition) is 1. The highest BCUT2D eigenvalue weighted by atomic mass is 79.9. The van der Waals surface area contributed by atoms with Crippen LogP contribution in [0.15, 0.2) is 46.4 Å². The van der Waals surface area contributed by atoms with Crippen LogP contribution >= 0.6 is 15.9 Å². The van der Waals surface area contributed by atoms with Crippen molar-refractivity contribution in [1.82, 2.24) is 0 Å². The lowest BCUT2D eigenvalue weighted by Gasteiger charge is -2.07. The second-order valence-electron chi connectivity index (χ2n) is 5.65. The smallest absolute Gasteiger partial charge is 0.338 e. The maximum atomic E-state index is 12.4. The normalized spacial score (nSPS) is 12.2. The predicted octanol–water partition coefficient (Wildman–Crippen LogP) is 3.90. The molecule has 0 bridgehead atoms. The van der Waals surface area contributed by atoms with E-state index in [2.05, 4.69) is 21.2 Å². The van der Waals surface area contributed by atoms with Gasteiger partial charge in [-0.25, -0.2) is 4.79 Å². The number of nitriles is 1. The molecule has 2 aromatic rings. The molecule has 1 aliphatic rings. The summed E-state index contributed by atoms with van der Waals surface area (Å²) in [5, 5.41) is 12.0. The summed E-state index contributed by atoms with van der Waals surface area (Å²) in [4.78, 5) is 24.1. The molecular weight excluding hydrogens is 428 g/mol. The van der Waals surface area contributed by atoms with Gasteiger partial charge in [0, 0.05) is 10.2 Å². The first kappa shape index (κ1) is 19.5. The van der Waals surface area contributed by atoms with Gasteiger partial charge in [-0.2, -0.15) is 5.26 Å². The minimum absolute atomic E-state index is 0.0889. The van der Waals surface area contributed by atoms with Gasteiger partial charge in [-0.15, -0.1) is 0 Å². The molecular formula is C20H15BrN2O5. The van der Waals surface area contributed by atoms with Gasteiger partial charge >= 0.3 is 5.97 Å². The summed E-state index contributed by atoms with van der Waals surface area (Å²) in [5.74, 6) is 0.122. The van der Waals surface area contributed by atoms with Crippen LogP contribution < -0.4 is 14.8 Å². The molecule has 0 unspecified atom stereocenters. The molecule has 28 heavy (non-hydrogen) atoms. The molecule has 0 atom stereocenters. The highest BCUT2D eigenvalue weighted by molar-refractivity contribution is 9.10. The molecule has 0 saturated carbocycles. The van der Waals surface area contributed by atoms with Crippen molar-refractivity contribution in [3.8, 4) is 17.6 Å². The number of fused-ring (bicyclic) bond motifs is 1. The van der Waals surface area contributed by atoms with Crippen LogP contribution in [-0.4, -0.2) is 25.3 Å². The molecule has 142 valence electrons. The molecule has 1 aliphatic heterocycles. The van der Waals surface area contributed by atoms with Crippen LogP contribution in [0.25, 0.3) is 6.08 Å². The number of carbonyl (C=O) groups excluding carboxylic acids is 2. The number of rotatable bonds is 5. The minimum atomic E-state index is -0.573. The Kier molecular flexibility index (Phi) is 5.96. The highest BCUT2D eigenvalue weighted by Gasteiger charge is 2.17. The van der Waals surface area contributed by atoms with E-state index in [1.165, 1.54) is 18.2 Å². The van der Waals surface area contributed by atoms with E-state index in [0.717, 1.165) is 0 Å². The quantitative estimate of drug-likeness (QED) is 0.428. The molecule has 8 heteroatoms. The molecule has 0 radical (unpaired) electrons. The number of hydrogen-bond acceptors (Lipinski definition) is 6. The van der Waals surface area contributed by atoms with Crippen molar-refractivity contribution >= 4 is 39.6 Å².